The van der Waals surface area contributed by atoms with Gasteiger partial charge in [-0.3, -0.25) is 0 Å². The molecule has 0 bridgehead atoms. The molecule has 1 aliphatic rings. The Hall–Kier alpha value is -1.41. The smallest absolute Gasteiger partial charge is 0.140 e. The molecule has 0 saturated heterocycles. The fourth-order valence-electron chi connectivity index (χ4n) is 2.65. The van der Waals surface area contributed by atoms with E-state index in [1.54, 1.807) is 0 Å². The molecule has 0 unspecified atom stereocenters. The fourth-order valence-corrected chi connectivity index (χ4v) is 2.93. The van der Waals surface area contributed by atoms with Crippen LogP contribution in [0.5, 0.6) is 0 Å². The van der Waals surface area contributed by atoms with Crippen LogP contribution in [0.1, 0.15) is 42.9 Å². The summed E-state index contributed by atoms with van der Waals surface area (Å²) in [6, 6.07) is 10.4. The van der Waals surface area contributed by atoms with Gasteiger partial charge in [0.2, 0.25) is 0 Å². The topological polar surface area (TPSA) is 25.8 Å². The van der Waals surface area contributed by atoms with Crippen LogP contribution in [0.25, 0.3) is 0 Å². The second kappa shape index (κ2) is 4.61. The predicted octanol–water partition coefficient (Wildman–Crippen LogP) is 3.94. The maximum Gasteiger partial charge on any atom is 0.140 e. The molecule has 2 aromatic rings. The second-order valence-corrected chi connectivity index (χ2v) is 5.97. The van der Waals surface area contributed by atoms with Crippen molar-refractivity contribution in [2.45, 2.75) is 38.5 Å². The molecule has 0 spiro atoms. The van der Waals surface area contributed by atoms with E-state index in [-0.39, 0.29) is 5.41 Å². The first-order valence-corrected chi connectivity index (χ1v) is 7.08. The van der Waals surface area contributed by atoms with Crippen LogP contribution in [0.15, 0.2) is 30.3 Å². The van der Waals surface area contributed by atoms with Crippen LogP contribution < -0.4 is 0 Å². The summed E-state index contributed by atoms with van der Waals surface area (Å²) < 4.78 is 0. The van der Waals surface area contributed by atoms with Gasteiger partial charge in [-0.2, -0.15) is 0 Å². The van der Waals surface area contributed by atoms with Crippen molar-refractivity contribution in [3.8, 4) is 0 Å². The van der Waals surface area contributed by atoms with E-state index in [0.29, 0.717) is 5.15 Å². The number of halogens is 1. The maximum absolute atomic E-state index is 6.32. The SMILES string of the molecule is CC(C)(c1ccccc1)c1nc(Cl)c2c(n1)CCC2. The van der Waals surface area contributed by atoms with E-state index in [1.165, 1.54) is 5.56 Å². The van der Waals surface area contributed by atoms with Gasteiger partial charge < -0.3 is 0 Å². The minimum atomic E-state index is -0.220. The summed E-state index contributed by atoms with van der Waals surface area (Å²) in [7, 11) is 0. The van der Waals surface area contributed by atoms with Crippen LogP contribution >= 0.6 is 11.6 Å². The van der Waals surface area contributed by atoms with E-state index in [4.69, 9.17) is 16.6 Å². The molecule has 3 heteroatoms. The summed E-state index contributed by atoms with van der Waals surface area (Å²) in [4.78, 5) is 9.31. The number of fused-ring (bicyclic) bond motifs is 1. The van der Waals surface area contributed by atoms with Crippen molar-refractivity contribution in [3.63, 3.8) is 0 Å². The van der Waals surface area contributed by atoms with Gasteiger partial charge in [0.1, 0.15) is 11.0 Å². The number of benzene rings is 1. The van der Waals surface area contributed by atoms with Crippen molar-refractivity contribution >= 4 is 11.6 Å². The lowest BCUT2D eigenvalue weighted by atomic mass is 9.83. The first-order chi connectivity index (χ1) is 9.09. The molecule has 2 nitrogen and oxygen atoms in total. The Bertz CT molecular complexity index is 606. The molecule has 1 aliphatic carbocycles. The molecule has 1 heterocycles. The normalized spacial score (nSPS) is 14.5. The Labute approximate surface area is 118 Å². The number of aromatic nitrogens is 2. The molecule has 0 N–H and O–H groups in total. The molecular weight excluding hydrogens is 256 g/mol. The van der Waals surface area contributed by atoms with Gasteiger partial charge in [-0.1, -0.05) is 41.9 Å². The summed E-state index contributed by atoms with van der Waals surface area (Å²) in [5.74, 6) is 0.823. The third kappa shape index (κ3) is 2.14. The van der Waals surface area contributed by atoms with Crippen molar-refractivity contribution in [3.05, 3.63) is 58.1 Å². The van der Waals surface area contributed by atoms with Crippen molar-refractivity contribution in [2.75, 3.05) is 0 Å². The van der Waals surface area contributed by atoms with Crippen LogP contribution in [0.3, 0.4) is 0 Å². The standard InChI is InChI=1S/C16H17ClN2/c1-16(2,11-7-4-3-5-8-11)15-18-13-10-6-9-12(13)14(17)19-15/h3-5,7-8H,6,9-10H2,1-2H3. The molecule has 0 fully saturated rings. The van der Waals surface area contributed by atoms with E-state index in [2.05, 4.69) is 31.0 Å². The maximum atomic E-state index is 6.32. The summed E-state index contributed by atoms with van der Waals surface area (Å²) in [5, 5.41) is 0.640. The fraction of sp³-hybridized carbons (Fsp3) is 0.375. The second-order valence-electron chi connectivity index (χ2n) is 5.61. The molecule has 3 rings (SSSR count). The monoisotopic (exact) mass is 272 g/mol. The quantitative estimate of drug-likeness (QED) is 0.774. The van der Waals surface area contributed by atoms with E-state index in [0.717, 1.165) is 36.3 Å². The largest absolute Gasteiger partial charge is 0.237 e. The van der Waals surface area contributed by atoms with Gasteiger partial charge in [0.15, 0.2) is 0 Å². The highest BCUT2D eigenvalue weighted by molar-refractivity contribution is 6.30. The third-order valence-corrected chi connectivity index (χ3v) is 4.25. The molecule has 0 aliphatic heterocycles. The summed E-state index contributed by atoms with van der Waals surface area (Å²) >= 11 is 6.32. The van der Waals surface area contributed by atoms with Gasteiger partial charge in [0.05, 0.1) is 0 Å². The van der Waals surface area contributed by atoms with E-state index < -0.39 is 0 Å². The minimum Gasteiger partial charge on any atom is -0.237 e. The van der Waals surface area contributed by atoms with Crippen LogP contribution in [0.4, 0.5) is 0 Å². The van der Waals surface area contributed by atoms with Gasteiger partial charge in [-0.05, 0) is 38.7 Å². The zero-order chi connectivity index (χ0) is 13.5. The van der Waals surface area contributed by atoms with Crippen LogP contribution in [-0.2, 0) is 18.3 Å². The summed E-state index contributed by atoms with van der Waals surface area (Å²) in [6.07, 6.45) is 3.18. The Morgan fingerprint density at radius 2 is 1.79 bits per heavy atom. The zero-order valence-corrected chi connectivity index (χ0v) is 12.0. The molecule has 98 valence electrons. The van der Waals surface area contributed by atoms with Gasteiger partial charge in [0.25, 0.3) is 0 Å². The Morgan fingerprint density at radius 1 is 1.05 bits per heavy atom. The Balaban J connectivity index is 2.09. The minimum absolute atomic E-state index is 0.220. The van der Waals surface area contributed by atoms with Gasteiger partial charge >= 0.3 is 0 Å². The van der Waals surface area contributed by atoms with Crippen LogP contribution in [0, 0.1) is 0 Å². The number of nitrogens with zero attached hydrogens (tertiary/aromatic N) is 2. The lowest BCUT2D eigenvalue weighted by molar-refractivity contribution is 0.585. The third-order valence-electron chi connectivity index (χ3n) is 3.94. The number of hydrogen-bond donors (Lipinski definition) is 0. The van der Waals surface area contributed by atoms with Crippen molar-refractivity contribution in [2.24, 2.45) is 0 Å². The number of aryl methyl sites for hydroxylation is 1. The zero-order valence-electron chi connectivity index (χ0n) is 11.3. The van der Waals surface area contributed by atoms with E-state index in [9.17, 15) is 0 Å². The Morgan fingerprint density at radius 3 is 2.53 bits per heavy atom. The average Bonchev–Trinajstić information content (AvgIpc) is 2.88. The molecule has 19 heavy (non-hydrogen) atoms. The highest BCUT2D eigenvalue weighted by Gasteiger charge is 2.29. The molecule has 0 amide bonds. The number of rotatable bonds is 2. The summed E-state index contributed by atoms with van der Waals surface area (Å²) in [5.41, 5.74) is 3.28. The van der Waals surface area contributed by atoms with Crippen LogP contribution in [0.2, 0.25) is 5.15 Å². The molecular formula is C16H17ClN2. The lowest BCUT2D eigenvalue weighted by Gasteiger charge is -2.24. The highest BCUT2D eigenvalue weighted by atomic mass is 35.5. The Kier molecular flexibility index (Phi) is 3.06. The molecule has 1 aromatic heterocycles. The van der Waals surface area contributed by atoms with Crippen LogP contribution in [-0.4, -0.2) is 9.97 Å². The summed E-state index contributed by atoms with van der Waals surface area (Å²) in [6.45, 7) is 4.30. The lowest BCUT2D eigenvalue weighted by Crippen LogP contribution is -2.23. The average molecular weight is 273 g/mol. The molecule has 0 atom stereocenters. The van der Waals surface area contributed by atoms with E-state index >= 15 is 0 Å². The van der Waals surface area contributed by atoms with Crippen molar-refractivity contribution in [1.82, 2.24) is 9.97 Å². The van der Waals surface area contributed by atoms with Crippen molar-refractivity contribution < 1.29 is 0 Å². The predicted molar refractivity (Wildman–Crippen MR) is 77.6 cm³/mol. The van der Waals surface area contributed by atoms with Gasteiger partial charge in [-0.25, -0.2) is 9.97 Å². The molecule has 0 saturated carbocycles. The van der Waals surface area contributed by atoms with Gasteiger partial charge in [-0.15, -0.1) is 0 Å². The molecule has 0 radical (unpaired) electrons. The first kappa shape index (κ1) is 12.6. The van der Waals surface area contributed by atoms with Gasteiger partial charge in [0, 0.05) is 16.7 Å². The van der Waals surface area contributed by atoms with Crippen molar-refractivity contribution in [1.29, 1.82) is 0 Å². The highest BCUT2D eigenvalue weighted by Crippen LogP contribution is 2.33. The van der Waals surface area contributed by atoms with E-state index in [1.807, 2.05) is 18.2 Å². The molecule has 1 aromatic carbocycles. The first-order valence-electron chi connectivity index (χ1n) is 6.70. The number of hydrogen-bond acceptors (Lipinski definition) is 2.